The van der Waals surface area contributed by atoms with Crippen LogP contribution in [0.3, 0.4) is 0 Å². The van der Waals surface area contributed by atoms with Crippen molar-refractivity contribution in [1.29, 1.82) is 0 Å². The first-order valence-electron chi connectivity index (χ1n) is 9.85. The van der Waals surface area contributed by atoms with E-state index in [0.717, 1.165) is 40.7 Å². The number of hydrogen-bond acceptors (Lipinski definition) is 4. The number of amides is 1. The Morgan fingerprint density at radius 2 is 1.93 bits per heavy atom. The quantitative estimate of drug-likeness (QED) is 0.712. The van der Waals surface area contributed by atoms with E-state index in [2.05, 4.69) is 24.1 Å². The molecule has 0 unspecified atom stereocenters. The first kappa shape index (κ1) is 18.9. The van der Waals surface area contributed by atoms with Crippen molar-refractivity contribution in [1.82, 2.24) is 9.55 Å². The van der Waals surface area contributed by atoms with Gasteiger partial charge in [-0.25, -0.2) is 4.98 Å². The summed E-state index contributed by atoms with van der Waals surface area (Å²) >= 11 is 1.64. The molecule has 1 N–H and O–H groups in total. The highest BCUT2D eigenvalue weighted by Crippen LogP contribution is 2.33. The Kier molecular flexibility index (Phi) is 5.06. The van der Waals surface area contributed by atoms with E-state index in [-0.39, 0.29) is 18.0 Å². The molecule has 1 aliphatic carbocycles. The first-order chi connectivity index (χ1) is 13.4. The second-order valence-electron chi connectivity index (χ2n) is 7.77. The summed E-state index contributed by atoms with van der Waals surface area (Å²) in [6.45, 7) is 6.04. The van der Waals surface area contributed by atoms with Crippen LogP contribution >= 0.6 is 11.3 Å². The van der Waals surface area contributed by atoms with Crippen molar-refractivity contribution in [2.45, 2.75) is 58.9 Å². The maximum Gasteiger partial charge on any atom is 0.263 e. The Morgan fingerprint density at radius 1 is 1.21 bits per heavy atom. The molecule has 1 aliphatic rings. The summed E-state index contributed by atoms with van der Waals surface area (Å²) in [5, 5.41) is 3.61. The van der Waals surface area contributed by atoms with Crippen molar-refractivity contribution in [3.8, 4) is 0 Å². The number of thiophene rings is 1. The fraction of sp³-hybridized carbons (Fsp3) is 0.409. The summed E-state index contributed by atoms with van der Waals surface area (Å²) in [6.07, 6.45) is 4.25. The van der Waals surface area contributed by atoms with Crippen LogP contribution in [0.1, 0.15) is 54.4 Å². The topological polar surface area (TPSA) is 64.0 Å². The van der Waals surface area contributed by atoms with E-state index in [1.165, 1.54) is 21.4 Å². The zero-order valence-corrected chi connectivity index (χ0v) is 17.4. The van der Waals surface area contributed by atoms with E-state index in [1.54, 1.807) is 18.3 Å². The third-order valence-electron chi connectivity index (χ3n) is 5.43. The number of nitrogens with one attached hydrogen (secondary N) is 1. The number of aromatic nitrogens is 2. The van der Waals surface area contributed by atoms with Gasteiger partial charge in [-0.3, -0.25) is 14.2 Å². The smallest absolute Gasteiger partial charge is 0.263 e. The molecule has 2 aromatic heterocycles. The summed E-state index contributed by atoms with van der Waals surface area (Å²) in [7, 11) is 0. The molecule has 28 heavy (non-hydrogen) atoms. The summed E-state index contributed by atoms with van der Waals surface area (Å²) in [5.74, 6) is 0.814. The van der Waals surface area contributed by atoms with E-state index in [0.29, 0.717) is 11.7 Å². The molecular weight excluding hydrogens is 370 g/mol. The fourth-order valence-corrected chi connectivity index (χ4v) is 5.12. The summed E-state index contributed by atoms with van der Waals surface area (Å²) < 4.78 is 1.50. The summed E-state index contributed by atoms with van der Waals surface area (Å²) in [4.78, 5) is 32.5. The second kappa shape index (κ2) is 7.51. The molecule has 4 rings (SSSR count). The second-order valence-corrected chi connectivity index (χ2v) is 8.85. The Labute approximate surface area is 168 Å². The highest BCUT2D eigenvalue weighted by molar-refractivity contribution is 7.18. The molecule has 0 aliphatic heterocycles. The predicted molar refractivity (Wildman–Crippen MR) is 114 cm³/mol. The van der Waals surface area contributed by atoms with Gasteiger partial charge in [-0.15, -0.1) is 11.3 Å². The van der Waals surface area contributed by atoms with Crippen molar-refractivity contribution in [2.24, 2.45) is 0 Å². The molecule has 6 heteroatoms. The van der Waals surface area contributed by atoms with Gasteiger partial charge in [0.25, 0.3) is 5.56 Å². The van der Waals surface area contributed by atoms with Crippen LogP contribution in [-0.4, -0.2) is 15.5 Å². The molecule has 0 bridgehead atoms. The van der Waals surface area contributed by atoms with Crippen molar-refractivity contribution < 1.29 is 4.79 Å². The van der Waals surface area contributed by atoms with Crippen LogP contribution in [0.25, 0.3) is 10.2 Å². The van der Waals surface area contributed by atoms with Crippen molar-refractivity contribution in [2.75, 3.05) is 5.32 Å². The number of carbonyl (C=O) groups is 1. The van der Waals surface area contributed by atoms with Gasteiger partial charge in [-0.2, -0.15) is 0 Å². The summed E-state index contributed by atoms with van der Waals surface area (Å²) in [6, 6.07) is 7.84. The van der Waals surface area contributed by atoms with E-state index in [9.17, 15) is 9.59 Å². The number of aryl methyl sites for hydroxylation is 3. The number of nitrogens with zero attached hydrogens (tertiary/aromatic N) is 2. The van der Waals surface area contributed by atoms with Gasteiger partial charge in [0.05, 0.1) is 5.39 Å². The third-order valence-corrected chi connectivity index (χ3v) is 6.61. The molecule has 3 aromatic rings. The lowest BCUT2D eigenvalue weighted by Crippen LogP contribution is -2.30. The van der Waals surface area contributed by atoms with Crippen LogP contribution in [0.5, 0.6) is 0 Å². The van der Waals surface area contributed by atoms with Crippen LogP contribution in [0, 0.1) is 6.92 Å². The first-order valence-corrected chi connectivity index (χ1v) is 10.7. The van der Waals surface area contributed by atoms with Gasteiger partial charge >= 0.3 is 0 Å². The van der Waals surface area contributed by atoms with Gasteiger partial charge < -0.3 is 5.32 Å². The van der Waals surface area contributed by atoms with Crippen LogP contribution in [0.15, 0.2) is 29.1 Å². The van der Waals surface area contributed by atoms with Crippen molar-refractivity contribution >= 4 is 33.1 Å². The fourth-order valence-electron chi connectivity index (χ4n) is 3.82. The molecule has 0 fully saturated rings. The zero-order chi connectivity index (χ0) is 19.8. The minimum absolute atomic E-state index is 0.0237. The number of hydrogen-bond donors (Lipinski definition) is 1. The van der Waals surface area contributed by atoms with E-state index in [1.807, 2.05) is 24.3 Å². The van der Waals surface area contributed by atoms with Gasteiger partial charge in [0.15, 0.2) is 0 Å². The number of fused-ring (bicyclic) bond motifs is 3. The van der Waals surface area contributed by atoms with Crippen molar-refractivity contribution in [3.05, 3.63) is 56.4 Å². The van der Waals surface area contributed by atoms with Crippen LogP contribution in [-0.2, 0) is 24.2 Å². The van der Waals surface area contributed by atoms with E-state index in [4.69, 9.17) is 0 Å². The molecule has 5 nitrogen and oxygen atoms in total. The van der Waals surface area contributed by atoms with Crippen LogP contribution < -0.4 is 10.9 Å². The van der Waals surface area contributed by atoms with E-state index >= 15 is 0 Å². The monoisotopic (exact) mass is 395 g/mol. The number of anilines is 1. The minimum Gasteiger partial charge on any atom is -0.325 e. The molecule has 0 atom stereocenters. The number of carbonyl (C=O) groups excluding carboxylic acids is 1. The number of rotatable bonds is 4. The standard InChI is InChI=1S/C22H25N3O2S/c1-13(2)15-8-10-16(11-9-15)24-19(26)12-25-14(3)23-21-20(22(25)27)17-6-4-5-7-18(17)28-21/h8-11,13H,4-7,12H2,1-3H3,(H,24,26). The molecule has 2 heterocycles. The van der Waals surface area contributed by atoms with Gasteiger partial charge in [0.2, 0.25) is 5.91 Å². The summed E-state index contributed by atoms with van der Waals surface area (Å²) in [5.41, 5.74) is 3.03. The highest BCUT2D eigenvalue weighted by atomic mass is 32.1. The van der Waals surface area contributed by atoms with Crippen LogP contribution in [0.2, 0.25) is 0 Å². The SMILES string of the molecule is Cc1nc2sc3c(c2c(=O)n1CC(=O)Nc1ccc(C(C)C)cc1)CCCC3. The molecule has 0 saturated heterocycles. The Morgan fingerprint density at radius 3 is 2.64 bits per heavy atom. The lowest BCUT2D eigenvalue weighted by atomic mass is 9.97. The molecule has 0 saturated carbocycles. The number of benzene rings is 1. The Balaban J connectivity index is 1.60. The molecular formula is C22H25N3O2S. The van der Waals surface area contributed by atoms with Gasteiger partial charge in [-0.1, -0.05) is 26.0 Å². The van der Waals surface area contributed by atoms with E-state index < -0.39 is 0 Å². The van der Waals surface area contributed by atoms with Crippen LogP contribution in [0.4, 0.5) is 5.69 Å². The zero-order valence-electron chi connectivity index (χ0n) is 16.5. The highest BCUT2D eigenvalue weighted by Gasteiger charge is 2.21. The third kappa shape index (κ3) is 3.49. The molecule has 0 radical (unpaired) electrons. The van der Waals surface area contributed by atoms with Gasteiger partial charge in [0.1, 0.15) is 17.2 Å². The average molecular weight is 396 g/mol. The molecule has 1 aromatic carbocycles. The lowest BCUT2D eigenvalue weighted by molar-refractivity contribution is -0.116. The van der Waals surface area contributed by atoms with Gasteiger partial charge in [0, 0.05) is 10.6 Å². The Bertz CT molecular complexity index is 1090. The van der Waals surface area contributed by atoms with Crippen molar-refractivity contribution in [3.63, 3.8) is 0 Å². The van der Waals surface area contributed by atoms with Gasteiger partial charge in [-0.05, 0) is 61.8 Å². The Hall–Kier alpha value is -2.47. The predicted octanol–water partition coefficient (Wildman–Crippen LogP) is 4.41. The molecule has 146 valence electrons. The molecule has 1 amide bonds. The maximum absolute atomic E-state index is 13.1. The largest absolute Gasteiger partial charge is 0.325 e. The normalized spacial score (nSPS) is 13.7. The molecule has 0 spiro atoms. The lowest BCUT2D eigenvalue weighted by Gasteiger charge is -2.12. The minimum atomic E-state index is -0.215. The maximum atomic E-state index is 13.1. The average Bonchev–Trinajstić information content (AvgIpc) is 3.03.